The fraction of sp³-hybridized carbons (Fsp3) is 0.462. The molecule has 1 aromatic carbocycles. The van der Waals surface area contributed by atoms with Crippen LogP contribution in [0.25, 0.3) is 0 Å². The van der Waals surface area contributed by atoms with Gasteiger partial charge < -0.3 is 5.32 Å². The summed E-state index contributed by atoms with van der Waals surface area (Å²) >= 11 is 9.46. The van der Waals surface area contributed by atoms with Crippen LogP contribution in [-0.4, -0.2) is 35.0 Å². The molecule has 1 saturated heterocycles. The summed E-state index contributed by atoms with van der Waals surface area (Å²) in [5.41, 5.74) is 1.20. The summed E-state index contributed by atoms with van der Waals surface area (Å²) in [5, 5.41) is 3.89. The van der Waals surface area contributed by atoms with E-state index < -0.39 is 0 Å². The molecule has 0 saturated carbocycles. The van der Waals surface area contributed by atoms with Gasteiger partial charge in [-0.25, -0.2) is 0 Å². The molecule has 1 fully saturated rings. The minimum absolute atomic E-state index is 0.133. The third kappa shape index (κ3) is 4.41. The Morgan fingerprint density at radius 2 is 2.11 bits per heavy atom. The number of carbonyl (C=O) groups excluding carboxylic acids is 1. The number of thioether (sulfide) groups is 2. The summed E-state index contributed by atoms with van der Waals surface area (Å²) in [6, 6.07) is 7.76. The van der Waals surface area contributed by atoms with Gasteiger partial charge in [0.2, 0.25) is 5.91 Å². The molecule has 1 aromatic rings. The molecule has 5 heteroatoms. The van der Waals surface area contributed by atoms with Crippen molar-refractivity contribution in [2.24, 2.45) is 0 Å². The van der Waals surface area contributed by atoms with Crippen molar-refractivity contribution in [3.8, 4) is 0 Å². The molecule has 1 aliphatic rings. The van der Waals surface area contributed by atoms with E-state index in [-0.39, 0.29) is 11.2 Å². The molecule has 1 unspecified atom stereocenters. The highest BCUT2D eigenvalue weighted by Crippen LogP contribution is 2.23. The molecule has 0 aromatic heterocycles. The van der Waals surface area contributed by atoms with Crippen molar-refractivity contribution in [1.29, 1.82) is 0 Å². The maximum absolute atomic E-state index is 11.9. The zero-order chi connectivity index (χ0) is 12.8. The maximum atomic E-state index is 11.9. The quantitative estimate of drug-likeness (QED) is 0.927. The summed E-state index contributed by atoms with van der Waals surface area (Å²) in [4.78, 5) is 11.9. The molecule has 0 bridgehead atoms. The molecule has 18 heavy (non-hydrogen) atoms. The normalized spacial score (nSPS) is 19.5. The summed E-state index contributed by atoms with van der Waals surface area (Å²) in [5.74, 6) is 3.37. The van der Waals surface area contributed by atoms with E-state index in [4.69, 9.17) is 11.6 Å². The number of hydrogen-bond acceptors (Lipinski definition) is 3. The van der Waals surface area contributed by atoms with E-state index in [0.29, 0.717) is 6.54 Å². The lowest BCUT2D eigenvalue weighted by Gasteiger charge is -2.20. The number of hydrogen-bond donors (Lipinski definition) is 1. The Kier molecular flexibility index (Phi) is 5.73. The Bertz CT molecular complexity index is 390. The largest absolute Gasteiger partial charge is 0.355 e. The molecule has 98 valence electrons. The Morgan fingerprint density at radius 1 is 1.33 bits per heavy atom. The Balaban J connectivity index is 1.71. The van der Waals surface area contributed by atoms with Crippen LogP contribution in [-0.2, 0) is 11.2 Å². The van der Waals surface area contributed by atoms with Crippen LogP contribution in [0.1, 0.15) is 5.56 Å². The average Bonchev–Trinajstić information content (AvgIpc) is 2.42. The van der Waals surface area contributed by atoms with Crippen molar-refractivity contribution in [2.45, 2.75) is 11.7 Å². The molecule has 2 rings (SSSR count). The van der Waals surface area contributed by atoms with E-state index in [1.807, 2.05) is 36.0 Å². The molecule has 1 N–H and O–H groups in total. The highest BCUT2D eigenvalue weighted by Gasteiger charge is 2.21. The molecule has 2 nitrogen and oxygen atoms in total. The van der Waals surface area contributed by atoms with E-state index in [9.17, 15) is 4.79 Å². The van der Waals surface area contributed by atoms with Crippen LogP contribution in [0.15, 0.2) is 24.3 Å². The zero-order valence-corrected chi connectivity index (χ0v) is 12.4. The first kappa shape index (κ1) is 14.1. The highest BCUT2D eigenvalue weighted by atomic mass is 35.5. The van der Waals surface area contributed by atoms with E-state index in [1.54, 1.807) is 11.8 Å². The topological polar surface area (TPSA) is 29.1 Å². The van der Waals surface area contributed by atoms with Gasteiger partial charge in [-0.2, -0.15) is 11.8 Å². The van der Waals surface area contributed by atoms with E-state index in [2.05, 4.69) is 5.32 Å². The summed E-state index contributed by atoms with van der Waals surface area (Å²) in [6.07, 6.45) is 0.855. The highest BCUT2D eigenvalue weighted by molar-refractivity contribution is 8.07. The predicted molar refractivity (Wildman–Crippen MR) is 81.7 cm³/mol. The van der Waals surface area contributed by atoms with Crippen molar-refractivity contribution in [3.63, 3.8) is 0 Å². The number of nitrogens with one attached hydrogen (secondary N) is 1. The van der Waals surface area contributed by atoms with Gasteiger partial charge in [-0.05, 0) is 24.1 Å². The fourth-order valence-corrected chi connectivity index (χ4v) is 4.44. The molecule has 1 amide bonds. The van der Waals surface area contributed by atoms with Gasteiger partial charge in [0, 0.05) is 28.8 Å². The molecule has 1 aliphatic heterocycles. The number of rotatable bonds is 4. The van der Waals surface area contributed by atoms with Crippen LogP contribution in [0.4, 0.5) is 0 Å². The number of benzene rings is 1. The number of halogens is 1. The smallest absolute Gasteiger partial charge is 0.233 e. The van der Waals surface area contributed by atoms with Gasteiger partial charge in [-0.3, -0.25) is 4.79 Å². The standard InChI is InChI=1S/C13H16ClNOS2/c14-11-3-1-10(2-4-11)5-6-15-13(16)12-9-17-7-8-18-12/h1-4,12H,5-9H2,(H,15,16). The first-order valence-corrected chi connectivity index (χ1v) is 8.55. The van der Waals surface area contributed by atoms with Crippen molar-refractivity contribution in [2.75, 3.05) is 23.8 Å². The number of carbonyl (C=O) groups is 1. The van der Waals surface area contributed by atoms with Gasteiger partial charge in [0.25, 0.3) is 0 Å². The Morgan fingerprint density at radius 3 is 2.78 bits per heavy atom. The van der Waals surface area contributed by atoms with Crippen LogP contribution in [0.5, 0.6) is 0 Å². The van der Waals surface area contributed by atoms with Gasteiger partial charge in [-0.1, -0.05) is 23.7 Å². The Hall–Kier alpha value is -0.320. The molecular weight excluding hydrogens is 286 g/mol. The molecular formula is C13H16ClNOS2. The SMILES string of the molecule is O=C(NCCc1ccc(Cl)cc1)C1CSCCS1. The van der Waals surface area contributed by atoms with Crippen LogP contribution in [0, 0.1) is 0 Å². The predicted octanol–water partition coefficient (Wildman–Crippen LogP) is 2.85. The van der Waals surface area contributed by atoms with Crippen LogP contribution in [0.3, 0.4) is 0 Å². The van der Waals surface area contributed by atoms with Crippen molar-refractivity contribution in [1.82, 2.24) is 5.32 Å². The molecule has 1 heterocycles. The lowest BCUT2D eigenvalue weighted by molar-refractivity contribution is -0.120. The number of amides is 1. The second kappa shape index (κ2) is 7.31. The monoisotopic (exact) mass is 301 g/mol. The second-order valence-corrected chi connectivity index (χ2v) is 7.00. The van der Waals surface area contributed by atoms with Gasteiger partial charge >= 0.3 is 0 Å². The maximum Gasteiger partial charge on any atom is 0.233 e. The van der Waals surface area contributed by atoms with E-state index >= 15 is 0 Å². The lowest BCUT2D eigenvalue weighted by atomic mass is 10.1. The first-order chi connectivity index (χ1) is 8.75. The molecule has 0 radical (unpaired) electrons. The average molecular weight is 302 g/mol. The molecule has 0 spiro atoms. The van der Waals surface area contributed by atoms with Gasteiger partial charge in [0.05, 0.1) is 5.25 Å². The van der Waals surface area contributed by atoms with Gasteiger partial charge in [-0.15, -0.1) is 11.8 Å². The Labute approximate surface area is 121 Å². The minimum atomic E-state index is 0.133. The third-order valence-corrected chi connectivity index (χ3v) is 5.74. The minimum Gasteiger partial charge on any atom is -0.355 e. The van der Waals surface area contributed by atoms with Crippen molar-refractivity contribution >= 4 is 41.0 Å². The van der Waals surface area contributed by atoms with Crippen LogP contribution >= 0.6 is 35.1 Å². The fourth-order valence-electron chi connectivity index (χ4n) is 1.73. The summed E-state index contributed by atoms with van der Waals surface area (Å²) in [7, 11) is 0. The molecule has 0 aliphatic carbocycles. The van der Waals surface area contributed by atoms with Crippen LogP contribution < -0.4 is 5.32 Å². The van der Waals surface area contributed by atoms with E-state index in [1.165, 1.54) is 11.3 Å². The first-order valence-electron chi connectivity index (χ1n) is 5.97. The summed E-state index contributed by atoms with van der Waals surface area (Å²) in [6.45, 7) is 0.697. The van der Waals surface area contributed by atoms with Gasteiger partial charge in [0.1, 0.15) is 0 Å². The zero-order valence-electron chi connectivity index (χ0n) is 10.0. The molecule has 1 atom stereocenters. The van der Waals surface area contributed by atoms with Gasteiger partial charge in [0.15, 0.2) is 0 Å². The van der Waals surface area contributed by atoms with Crippen LogP contribution in [0.2, 0.25) is 5.02 Å². The van der Waals surface area contributed by atoms with Crippen molar-refractivity contribution < 1.29 is 4.79 Å². The second-order valence-electron chi connectivity index (χ2n) is 4.10. The van der Waals surface area contributed by atoms with E-state index in [0.717, 1.165) is 22.9 Å². The lowest BCUT2D eigenvalue weighted by Crippen LogP contribution is -2.37. The van der Waals surface area contributed by atoms with Crippen molar-refractivity contribution in [3.05, 3.63) is 34.9 Å². The summed E-state index contributed by atoms with van der Waals surface area (Å²) < 4.78 is 0. The third-order valence-electron chi connectivity index (χ3n) is 2.73.